The zero-order valence-corrected chi connectivity index (χ0v) is 8.71. The second-order valence-corrected chi connectivity index (χ2v) is 2.93. The number of rotatable bonds is 5. The SMILES string of the molecule is COC(=O)CCOc1cccc([N+](=O)[O-])c1. The van der Waals surface area contributed by atoms with Crippen molar-refractivity contribution in [1.82, 2.24) is 0 Å². The Bertz CT molecular complexity index is 391. The summed E-state index contributed by atoms with van der Waals surface area (Å²) in [5.74, 6) is -0.0245. The first kappa shape index (κ1) is 12.0. The van der Waals surface area contributed by atoms with Gasteiger partial charge in [0.1, 0.15) is 5.75 Å². The molecule has 1 aromatic carbocycles. The zero-order chi connectivity index (χ0) is 12.0. The Balaban J connectivity index is 2.51. The summed E-state index contributed by atoms with van der Waals surface area (Å²) in [4.78, 5) is 20.7. The van der Waals surface area contributed by atoms with Crippen LogP contribution in [-0.2, 0) is 9.53 Å². The lowest BCUT2D eigenvalue weighted by Crippen LogP contribution is -2.07. The molecule has 86 valence electrons. The molecular formula is C10H11NO5. The lowest BCUT2D eigenvalue weighted by atomic mass is 10.3. The van der Waals surface area contributed by atoms with E-state index in [9.17, 15) is 14.9 Å². The van der Waals surface area contributed by atoms with E-state index in [1.54, 1.807) is 6.07 Å². The van der Waals surface area contributed by atoms with Crippen molar-refractivity contribution in [3.63, 3.8) is 0 Å². The quantitative estimate of drug-likeness (QED) is 0.431. The highest BCUT2D eigenvalue weighted by Crippen LogP contribution is 2.19. The van der Waals surface area contributed by atoms with Crippen LogP contribution in [0.25, 0.3) is 0 Å². The molecule has 0 unspecified atom stereocenters. The molecule has 1 aromatic rings. The molecule has 0 fully saturated rings. The highest BCUT2D eigenvalue weighted by molar-refractivity contribution is 5.69. The second kappa shape index (κ2) is 5.69. The van der Waals surface area contributed by atoms with Crippen molar-refractivity contribution in [1.29, 1.82) is 0 Å². The maximum Gasteiger partial charge on any atom is 0.308 e. The lowest BCUT2D eigenvalue weighted by molar-refractivity contribution is -0.384. The summed E-state index contributed by atoms with van der Waals surface area (Å²) in [6.07, 6.45) is 0.110. The lowest BCUT2D eigenvalue weighted by Gasteiger charge is -2.04. The Morgan fingerprint density at radius 1 is 1.50 bits per heavy atom. The molecule has 0 aliphatic heterocycles. The predicted octanol–water partition coefficient (Wildman–Crippen LogP) is 1.54. The number of non-ortho nitro benzene ring substituents is 1. The Morgan fingerprint density at radius 3 is 2.88 bits per heavy atom. The maximum absolute atomic E-state index is 10.8. The van der Waals surface area contributed by atoms with Crippen molar-refractivity contribution in [3.05, 3.63) is 34.4 Å². The number of carbonyl (C=O) groups excluding carboxylic acids is 1. The van der Waals surface area contributed by atoms with Crippen LogP contribution in [0.4, 0.5) is 5.69 Å². The van der Waals surface area contributed by atoms with Crippen molar-refractivity contribution in [2.24, 2.45) is 0 Å². The topological polar surface area (TPSA) is 78.7 Å². The molecule has 0 spiro atoms. The smallest absolute Gasteiger partial charge is 0.308 e. The van der Waals surface area contributed by atoms with Crippen LogP contribution in [0, 0.1) is 10.1 Å². The minimum absolute atomic E-state index is 0.0458. The molecule has 0 aliphatic rings. The van der Waals surface area contributed by atoms with Gasteiger partial charge in [-0.3, -0.25) is 14.9 Å². The van der Waals surface area contributed by atoms with Crippen molar-refractivity contribution < 1.29 is 19.2 Å². The van der Waals surface area contributed by atoms with Gasteiger partial charge in [-0.1, -0.05) is 6.07 Å². The molecule has 0 saturated heterocycles. The summed E-state index contributed by atoms with van der Waals surface area (Å²) in [5.41, 5.74) is -0.0458. The second-order valence-electron chi connectivity index (χ2n) is 2.93. The van der Waals surface area contributed by atoms with Gasteiger partial charge in [-0.05, 0) is 6.07 Å². The molecule has 0 heterocycles. The third-order valence-electron chi connectivity index (χ3n) is 1.83. The Kier molecular flexibility index (Phi) is 4.26. The largest absolute Gasteiger partial charge is 0.493 e. The third kappa shape index (κ3) is 3.56. The van der Waals surface area contributed by atoms with Gasteiger partial charge in [-0.15, -0.1) is 0 Å². The van der Waals surface area contributed by atoms with Gasteiger partial charge in [0.25, 0.3) is 5.69 Å². The molecule has 16 heavy (non-hydrogen) atoms. The van der Waals surface area contributed by atoms with Crippen molar-refractivity contribution >= 4 is 11.7 Å². The van der Waals surface area contributed by atoms with E-state index in [2.05, 4.69) is 4.74 Å². The van der Waals surface area contributed by atoms with Gasteiger partial charge in [0, 0.05) is 6.07 Å². The normalized spacial score (nSPS) is 9.56. The summed E-state index contributed by atoms with van der Waals surface area (Å²) < 4.78 is 9.59. The summed E-state index contributed by atoms with van der Waals surface area (Å²) in [6, 6.07) is 5.78. The molecular weight excluding hydrogens is 214 g/mol. The van der Waals surface area contributed by atoms with Crippen molar-refractivity contribution in [2.45, 2.75) is 6.42 Å². The van der Waals surface area contributed by atoms with Gasteiger partial charge in [0.15, 0.2) is 0 Å². The van der Waals surface area contributed by atoms with Crippen LogP contribution in [0.5, 0.6) is 5.75 Å². The van der Waals surface area contributed by atoms with Gasteiger partial charge in [0.05, 0.1) is 31.1 Å². The molecule has 0 aliphatic carbocycles. The molecule has 0 amide bonds. The summed E-state index contributed by atoms with van der Waals surface area (Å²) >= 11 is 0. The Morgan fingerprint density at radius 2 is 2.25 bits per heavy atom. The van der Waals surface area contributed by atoms with E-state index < -0.39 is 4.92 Å². The first-order valence-electron chi connectivity index (χ1n) is 4.57. The highest BCUT2D eigenvalue weighted by Gasteiger charge is 2.06. The van der Waals surface area contributed by atoms with Gasteiger partial charge >= 0.3 is 5.97 Å². The van der Waals surface area contributed by atoms with Crippen LogP contribution in [0.15, 0.2) is 24.3 Å². The number of ether oxygens (including phenoxy) is 2. The molecule has 0 bridgehead atoms. The summed E-state index contributed by atoms with van der Waals surface area (Å²) in [6.45, 7) is 0.133. The van der Waals surface area contributed by atoms with Crippen LogP contribution in [-0.4, -0.2) is 24.6 Å². The van der Waals surface area contributed by atoms with Gasteiger partial charge in [-0.2, -0.15) is 0 Å². The van der Waals surface area contributed by atoms with Gasteiger partial charge in [0.2, 0.25) is 0 Å². The average Bonchev–Trinajstić information content (AvgIpc) is 2.29. The van der Waals surface area contributed by atoms with Crippen LogP contribution in [0.2, 0.25) is 0 Å². The highest BCUT2D eigenvalue weighted by atomic mass is 16.6. The van der Waals surface area contributed by atoms with Crippen LogP contribution in [0.1, 0.15) is 6.42 Å². The van der Waals surface area contributed by atoms with Crippen molar-refractivity contribution in [2.75, 3.05) is 13.7 Å². The molecule has 0 aromatic heterocycles. The third-order valence-corrected chi connectivity index (χ3v) is 1.83. The van der Waals surface area contributed by atoms with E-state index in [1.165, 1.54) is 25.3 Å². The Labute approximate surface area is 91.9 Å². The average molecular weight is 225 g/mol. The number of nitro groups is 1. The fraction of sp³-hybridized carbons (Fsp3) is 0.300. The molecule has 0 radical (unpaired) electrons. The molecule has 0 saturated carbocycles. The molecule has 0 N–H and O–H groups in total. The van der Waals surface area contributed by atoms with Crippen molar-refractivity contribution in [3.8, 4) is 5.75 Å². The predicted molar refractivity (Wildman–Crippen MR) is 55.2 cm³/mol. The number of carbonyl (C=O) groups is 1. The van der Waals surface area contributed by atoms with E-state index in [1.807, 2.05) is 0 Å². The molecule has 1 rings (SSSR count). The fourth-order valence-electron chi connectivity index (χ4n) is 1.04. The first-order chi connectivity index (χ1) is 7.63. The van der Waals surface area contributed by atoms with E-state index in [0.717, 1.165) is 0 Å². The first-order valence-corrected chi connectivity index (χ1v) is 4.57. The summed E-state index contributed by atoms with van der Waals surface area (Å²) in [7, 11) is 1.29. The van der Waals surface area contributed by atoms with E-state index in [0.29, 0.717) is 5.75 Å². The van der Waals surface area contributed by atoms with Gasteiger partial charge < -0.3 is 9.47 Å². The number of hydrogen-bond donors (Lipinski definition) is 0. The number of nitro benzene ring substituents is 1. The zero-order valence-electron chi connectivity index (χ0n) is 8.71. The van der Waals surface area contributed by atoms with E-state index in [4.69, 9.17) is 4.74 Å². The minimum atomic E-state index is -0.507. The number of methoxy groups -OCH3 is 1. The molecule has 6 heteroatoms. The number of hydrogen-bond acceptors (Lipinski definition) is 5. The fourth-order valence-corrected chi connectivity index (χ4v) is 1.04. The Hall–Kier alpha value is -2.11. The minimum Gasteiger partial charge on any atom is -0.493 e. The summed E-state index contributed by atoms with van der Waals surface area (Å²) in [5, 5.41) is 10.5. The number of benzene rings is 1. The van der Waals surface area contributed by atoms with Gasteiger partial charge in [-0.25, -0.2) is 0 Å². The monoisotopic (exact) mass is 225 g/mol. The standard InChI is InChI=1S/C10H11NO5/c1-15-10(12)5-6-16-9-4-2-3-8(7-9)11(13)14/h2-4,7H,5-6H2,1H3. The number of nitrogens with zero attached hydrogens (tertiary/aromatic N) is 1. The molecule has 6 nitrogen and oxygen atoms in total. The number of esters is 1. The molecule has 0 atom stereocenters. The van der Waals surface area contributed by atoms with E-state index in [-0.39, 0.29) is 24.7 Å². The van der Waals surface area contributed by atoms with Crippen LogP contribution < -0.4 is 4.74 Å². The maximum atomic E-state index is 10.8. The van der Waals surface area contributed by atoms with E-state index >= 15 is 0 Å². The van der Waals surface area contributed by atoms with Crippen LogP contribution >= 0.6 is 0 Å². The van der Waals surface area contributed by atoms with Crippen LogP contribution in [0.3, 0.4) is 0 Å².